The van der Waals surface area contributed by atoms with E-state index in [1.165, 1.54) is 16.3 Å². The molecule has 296 valence electrons. The molecule has 2 saturated heterocycles. The summed E-state index contributed by atoms with van der Waals surface area (Å²) >= 11 is 1.44. The second kappa shape index (κ2) is 16.3. The van der Waals surface area contributed by atoms with Crippen LogP contribution in [0.5, 0.6) is 0 Å². The molecular weight excluding hydrogens is 717 g/mol. The predicted molar refractivity (Wildman–Crippen MR) is 216 cm³/mol. The third kappa shape index (κ3) is 7.90. The highest BCUT2D eigenvalue weighted by Gasteiger charge is 2.37. The minimum absolute atomic E-state index is 0.193. The number of nitrogens with one attached hydrogen (secondary N) is 1. The number of methoxy groups -OCH3 is 1. The van der Waals surface area contributed by atoms with Crippen LogP contribution in [-0.2, 0) is 36.8 Å². The lowest BCUT2D eigenvalue weighted by Crippen LogP contribution is -2.60. The zero-order valence-electron chi connectivity index (χ0n) is 33.3. The third-order valence-corrected chi connectivity index (χ3v) is 12.2. The summed E-state index contributed by atoms with van der Waals surface area (Å²) < 4.78 is 20.5. The van der Waals surface area contributed by atoms with E-state index in [0.717, 1.165) is 83.1 Å². The first kappa shape index (κ1) is 39.3. The number of hydrogen-bond donors (Lipinski definition) is 2. The SMILES string of the molecule is CCO[C@@H]1c2nc(cs2)-c2ccc3c(c2)c(c(-c2cc(N4CCN(C)CC4)cnc2[C@H](C)OC)n3CC)CC(C)(C)COC(=O)[C@@H]2CCCN(N2)C(=O)[C@H]1N. The number of nitrogens with zero attached hydrogens (tertiary/aromatic N) is 6. The van der Waals surface area contributed by atoms with Crippen molar-refractivity contribution in [1.82, 2.24) is 29.9 Å². The fourth-order valence-electron chi connectivity index (χ4n) is 8.11. The number of hydrogen-bond acceptors (Lipinski definition) is 12. The molecular formula is C41H56N8O5S. The Kier molecular flexibility index (Phi) is 11.6. The zero-order valence-corrected chi connectivity index (χ0v) is 34.1. The first-order chi connectivity index (χ1) is 26.4. The van der Waals surface area contributed by atoms with Gasteiger partial charge in [-0.05, 0) is 70.8 Å². The summed E-state index contributed by atoms with van der Waals surface area (Å²) in [7, 11) is 3.89. The molecule has 0 saturated carbocycles. The number of aryl methyl sites for hydroxylation is 1. The number of rotatable bonds is 7. The molecule has 14 heteroatoms. The van der Waals surface area contributed by atoms with E-state index in [1.54, 1.807) is 7.11 Å². The van der Waals surface area contributed by atoms with Crippen molar-refractivity contribution in [3.8, 4) is 22.5 Å². The number of piperazine rings is 1. The Hall–Kier alpha value is -3.92. The van der Waals surface area contributed by atoms with Crippen LogP contribution in [0.2, 0.25) is 0 Å². The molecule has 6 bridgehead atoms. The number of benzene rings is 1. The van der Waals surface area contributed by atoms with Crippen molar-refractivity contribution in [3.05, 3.63) is 52.1 Å². The van der Waals surface area contributed by atoms with Gasteiger partial charge in [0.05, 0.1) is 41.7 Å². The maximum absolute atomic E-state index is 13.8. The molecule has 3 aliphatic rings. The molecule has 0 radical (unpaired) electrons. The van der Waals surface area contributed by atoms with Gasteiger partial charge in [0, 0.05) is 85.8 Å². The molecule has 13 nitrogen and oxygen atoms in total. The highest BCUT2D eigenvalue weighted by Crippen LogP contribution is 2.43. The maximum atomic E-state index is 13.8. The van der Waals surface area contributed by atoms with Gasteiger partial charge < -0.3 is 34.3 Å². The molecule has 0 aliphatic carbocycles. The normalized spacial score (nSPS) is 23.2. The van der Waals surface area contributed by atoms with Crippen molar-refractivity contribution in [3.63, 3.8) is 0 Å². The summed E-state index contributed by atoms with van der Waals surface area (Å²) in [6.07, 6.45) is 2.80. The van der Waals surface area contributed by atoms with Crippen molar-refractivity contribution in [1.29, 1.82) is 0 Å². The Morgan fingerprint density at radius 1 is 1.13 bits per heavy atom. The van der Waals surface area contributed by atoms with E-state index in [4.69, 9.17) is 29.9 Å². The minimum Gasteiger partial charge on any atom is -0.464 e. The van der Waals surface area contributed by atoms with Gasteiger partial charge in [-0.2, -0.15) is 0 Å². The van der Waals surface area contributed by atoms with Crippen LogP contribution in [-0.4, -0.2) is 108 Å². The van der Waals surface area contributed by atoms with Crippen molar-refractivity contribution in [2.45, 2.75) is 84.7 Å². The molecule has 3 aliphatic heterocycles. The van der Waals surface area contributed by atoms with Gasteiger partial charge in [0.1, 0.15) is 23.2 Å². The molecule has 0 unspecified atom stereocenters. The van der Waals surface area contributed by atoms with Crippen LogP contribution in [0.15, 0.2) is 35.8 Å². The minimum atomic E-state index is -1.02. The number of carbonyl (C=O) groups excluding carboxylic acids is 2. The van der Waals surface area contributed by atoms with E-state index in [-0.39, 0.29) is 24.6 Å². The smallest absolute Gasteiger partial charge is 0.324 e. The fraction of sp³-hybridized carbons (Fsp3) is 0.561. The summed E-state index contributed by atoms with van der Waals surface area (Å²) in [5.74, 6) is -0.730. The lowest BCUT2D eigenvalue weighted by Gasteiger charge is -2.36. The molecule has 3 aromatic heterocycles. The van der Waals surface area contributed by atoms with Gasteiger partial charge in [-0.15, -0.1) is 11.3 Å². The van der Waals surface area contributed by atoms with E-state index in [0.29, 0.717) is 37.4 Å². The number of cyclic esters (lactones) is 1. The number of carbonyl (C=O) groups is 2. The lowest BCUT2D eigenvalue weighted by molar-refractivity contribution is -0.155. The molecule has 4 atom stereocenters. The monoisotopic (exact) mass is 772 g/mol. The molecule has 1 aromatic carbocycles. The zero-order chi connectivity index (χ0) is 39.0. The number of pyridine rings is 1. The van der Waals surface area contributed by atoms with E-state index >= 15 is 0 Å². The first-order valence-electron chi connectivity index (χ1n) is 19.6. The van der Waals surface area contributed by atoms with Crippen LogP contribution < -0.4 is 16.1 Å². The summed E-state index contributed by atoms with van der Waals surface area (Å²) in [4.78, 5) is 42.3. The Bertz CT molecular complexity index is 2020. The second-order valence-electron chi connectivity index (χ2n) is 15.8. The average Bonchev–Trinajstić information content (AvgIpc) is 3.80. The predicted octanol–water partition coefficient (Wildman–Crippen LogP) is 5.33. The number of likely N-dealkylation sites (N-methyl/N-ethyl adjacent to an activating group) is 1. The van der Waals surface area contributed by atoms with Crippen LogP contribution in [0.4, 0.5) is 5.69 Å². The largest absolute Gasteiger partial charge is 0.464 e. The highest BCUT2D eigenvalue weighted by molar-refractivity contribution is 7.10. The molecule has 1 amide bonds. The number of hydrazine groups is 1. The molecule has 55 heavy (non-hydrogen) atoms. The standard InChI is InChI=1S/C41H56N8O5S/c1-8-48-33-13-12-26-19-28(33)30(36(48)29-20-27(22-43-35(29)25(3)52-7)47-17-15-46(6)16-18-47)21-41(4,5)24-54-40(51)31-11-10-14-49(45-31)39(50)34(42)37(53-9-2)38-44-32(26)23-55-38/h12-13,19-20,22-23,25,31,34,37,45H,8-11,14-18,21,24,42H2,1-7H3/t25-,31-,34-,37-/m0/s1. The van der Waals surface area contributed by atoms with Gasteiger partial charge in [0.15, 0.2) is 0 Å². The lowest BCUT2D eigenvalue weighted by atomic mass is 9.84. The van der Waals surface area contributed by atoms with Crippen LogP contribution in [0.25, 0.3) is 33.4 Å². The second-order valence-corrected chi connectivity index (χ2v) is 16.7. The van der Waals surface area contributed by atoms with E-state index in [2.05, 4.69) is 71.9 Å². The number of nitrogens with two attached hydrogens (primary N) is 1. The molecule has 3 N–H and O–H groups in total. The average molecular weight is 773 g/mol. The number of fused-ring (bicyclic) bond motifs is 6. The van der Waals surface area contributed by atoms with E-state index in [9.17, 15) is 9.59 Å². The van der Waals surface area contributed by atoms with Crippen molar-refractivity contribution < 1.29 is 23.8 Å². The van der Waals surface area contributed by atoms with Gasteiger partial charge in [0.25, 0.3) is 5.91 Å². The Balaban J connectivity index is 1.42. The number of thiazole rings is 1. The number of anilines is 1. The van der Waals surface area contributed by atoms with Crippen molar-refractivity contribution >= 4 is 39.8 Å². The fourth-order valence-corrected chi connectivity index (χ4v) is 9.03. The van der Waals surface area contributed by atoms with Gasteiger partial charge in [-0.25, -0.2) is 10.4 Å². The maximum Gasteiger partial charge on any atom is 0.324 e. The molecule has 2 fully saturated rings. The van der Waals surface area contributed by atoms with Gasteiger partial charge in [-0.3, -0.25) is 19.6 Å². The van der Waals surface area contributed by atoms with Gasteiger partial charge >= 0.3 is 5.97 Å². The number of amides is 1. The van der Waals surface area contributed by atoms with Gasteiger partial charge in [0.2, 0.25) is 0 Å². The van der Waals surface area contributed by atoms with Gasteiger partial charge in [-0.1, -0.05) is 19.9 Å². The van der Waals surface area contributed by atoms with Crippen LogP contribution in [0.1, 0.15) is 75.9 Å². The molecule has 7 rings (SSSR count). The van der Waals surface area contributed by atoms with E-state index in [1.807, 2.05) is 25.4 Å². The van der Waals surface area contributed by atoms with Crippen LogP contribution in [0, 0.1) is 5.41 Å². The Labute approximate surface area is 328 Å². The summed E-state index contributed by atoms with van der Waals surface area (Å²) in [6.45, 7) is 15.9. The number of esters is 1. The Morgan fingerprint density at radius 3 is 2.64 bits per heavy atom. The quantitative estimate of drug-likeness (QED) is 0.236. The van der Waals surface area contributed by atoms with Crippen molar-refractivity contribution in [2.75, 3.05) is 65.0 Å². The third-order valence-electron chi connectivity index (χ3n) is 11.3. The van der Waals surface area contributed by atoms with Crippen molar-refractivity contribution in [2.24, 2.45) is 11.1 Å². The molecule has 4 aromatic rings. The summed E-state index contributed by atoms with van der Waals surface area (Å²) in [5, 5.41) is 5.20. The Morgan fingerprint density at radius 2 is 1.91 bits per heavy atom. The molecule has 6 heterocycles. The number of ether oxygens (including phenoxy) is 3. The van der Waals surface area contributed by atoms with E-state index < -0.39 is 23.6 Å². The molecule has 0 spiro atoms. The first-order valence-corrected chi connectivity index (χ1v) is 20.5. The highest BCUT2D eigenvalue weighted by atomic mass is 32.1. The number of aromatic nitrogens is 3. The van der Waals surface area contributed by atoms with Crippen LogP contribution >= 0.6 is 11.3 Å². The topological polar surface area (TPSA) is 140 Å². The summed E-state index contributed by atoms with van der Waals surface area (Å²) in [5.41, 5.74) is 17.4. The van der Waals surface area contributed by atoms with Crippen LogP contribution in [0.3, 0.4) is 0 Å². The summed E-state index contributed by atoms with van der Waals surface area (Å²) in [6, 6.07) is 7.12.